The van der Waals surface area contributed by atoms with Gasteiger partial charge in [-0.15, -0.1) is 0 Å². The number of amides is 1. The van der Waals surface area contributed by atoms with Crippen LogP contribution in [-0.2, 0) is 17.9 Å². The molecule has 0 saturated heterocycles. The van der Waals surface area contributed by atoms with Crippen LogP contribution in [-0.4, -0.2) is 39.2 Å². The molecule has 0 atom stereocenters. The van der Waals surface area contributed by atoms with Gasteiger partial charge in [0.25, 0.3) is 5.56 Å². The van der Waals surface area contributed by atoms with E-state index in [-0.39, 0.29) is 17.9 Å². The first kappa shape index (κ1) is 21.4. The van der Waals surface area contributed by atoms with Crippen LogP contribution in [0.3, 0.4) is 0 Å². The second-order valence-corrected chi connectivity index (χ2v) is 7.29. The van der Waals surface area contributed by atoms with Gasteiger partial charge in [-0.3, -0.25) is 19.5 Å². The maximum absolute atomic E-state index is 12.9. The Kier molecular flexibility index (Phi) is 6.07. The highest BCUT2D eigenvalue weighted by atomic mass is 16.5. The molecular weight excluding hydrogens is 410 g/mol. The topological polar surface area (TPSA) is 100 Å². The normalized spacial score (nSPS) is 11.1. The van der Waals surface area contributed by atoms with Gasteiger partial charge in [0.2, 0.25) is 11.9 Å². The summed E-state index contributed by atoms with van der Waals surface area (Å²) in [7, 11) is 3.05. The number of nitrogens with zero attached hydrogens (tertiary/aromatic N) is 4. The maximum atomic E-state index is 12.9. The number of methoxy groups -OCH3 is 2. The van der Waals surface area contributed by atoms with Crippen LogP contribution >= 0.6 is 0 Å². The first-order chi connectivity index (χ1) is 15.5. The molecule has 0 unspecified atom stereocenters. The molecule has 0 fully saturated rings. The number of rotatable bonds is 8. The highest BCUT2D eigenvalue weighted by Gasteiger charge is 2.13. The molecule has 2 aromatic carbocycles. The molecule has 0 aliphatic carbocycles. The number of fused-ring (bicyclic) bond motifs is 2. The summed E-state index contributed by atoms with van der Waals surface area (Å²) in [6.45, 7) is 3.07. The molecule has 4 rings (SSSR count). The van der Waals surface area contributed by atoms with E-state index in [1.54, 1.807) is 12.1 Å². The first-order valence-electron chi connectivity index (χ1n) is 10.4. The highest BCUT2D eigenvalue weighted by Crippen LogP contribution is 2.29. The highest BCUT2D eigenvalue weighted by molar-refractivity contribution is 5.91. The van der Waals surface area contributed by atoms with E-state index in [4.69, 9.17) is 9.47 Å². The van der Waals surface area contributed by atoms with Crippen molar-refractivity contribution in [2.24, 2.45) is 0 Å². The third kappa shape index (κ3) is 4.01. The number of para-hydroxylation sites is 2. The van der Waals surface area contributed by atoms with Crippen LogP contribution in [0.2, 0.25) is 0 Å². The van der Waals surface area contributed by atoms with Gasteiger partial charge in [0.1, 0.15) is 0 Å². The molecule has 0 radical (unpaired) electrons. The lowest BCUT2D eigenvalue weighted by atomic mass is 10.2. The van der Waals surface area contributed by atoms with Crippen molar-refractivity contribution in [2.75, 3.05) is 19.5 Å². The van der Waals surface area contributed by atoms with E-state index >= 15 is 0 Å². The van der Waals surface area contributed by atoms with Gasteiger partial charge in [-0.05, 0) is 31.5 Å². The van der Waals surface area contributed by atoms with E-state index in [0.29, 0.717) is 47.9 Å². The minimum Gasteiger partial charge on any atom is -0.493 e. The van der Waals surface area contributed by atoms with Crippen molar-refractivity contribution >= 4 is 33.8 Å². The lowest BCUT2D eigenvalue weighted by Gasteiger charge is -2.11. The lowest BCUT2D eigenvalue weighted by molar-refractivity contribution is -0.116. The molecule has 0 aliphatic heterocycles. The summed E-state index contributed by atoms with van der Waals surface area (Å²) in [6, 6.07) is 11.1. The van der Waals surface area contributed by atoms with Crippen LogP contribution in [0.5, 0.6) is 11.5 Å². The molecule has 9 heteroatoms. The number of carbonyl (C=O) groups excluding carboxylic acids is 1. The molecule has 1 N–H and O–H groups in total. The third-order valence-electron chi connectivity index (χ3n) is 5.35. The number of ether oxygens (including phenoxy) is 2. The summed E-state index contributed by atoms with van der Waals surface area (Å²) in [5, 5.41) is 3.32. The number of benzene rings is 2. The standard InChI is InChI=1S/C23H25N5O4/c1-4-28-18-9-6-5-8-16(18)25-23(28)26-21(29)10-7-11-27-14-24-17-13-20(32-3)19(31-2)12-15(17)22(27)30/h5-6,8-9,12-14H,4,7,10-11H2,1-3H3,(H,25,26,29). The fraction of sp³-hybridized carbons (Fsp3) is 0.304. The Morgan fingerprint density at radius 1 is 1.09 bits per heavy atom. The minimum absolute atomic E-state index is 0.150. The SMILES string of the molecule is CCn1c(NC(=O)CCCn2cnc3cc(OC)c(OC)cc3c2=O)nc2ccccc21. The van der Waals surface area contributed by atoms with E-state index in [9.17, 15) is 9.59 Å². The predicted octanol–water partition coefficient (Wildman–Crippen LogP) is 3.20. The molecule has 0 aliphatic rings. The molecule has 9 nitrogen and oxygen atoms in total. The zero-order valence-corrected chi connectivity index (χ0v) is 18.3. The second-order valence-electron chi connectivity index (χ2n) is 7.29. The number of carbonyl (C=O) groups is 1. The van der Waals surface area contributed by atoms with Crippen molar-refractivity contribution in [3.63, 3.8) is 0 Å². The van der Waals surface area contributed by atoms with E-state index in [1.165, 1.54) is 25.1 Å². The molecule has 4 aromatic rings. The van der Waals surface area contributed by atoms with Crippen LogP contribution in [0.15, 0.2) is 47.5 Å². The third-order valence-corrected chi connectivity index (χ3v) is 5.35. The summed E-state index contributed by atoms with van der Waals surface area (Å²) in [5.74, 6) is 1.36. The van der Waals surface area contributed by atoms with Crippen molar-refractivity contribution in [3.05, 3.63) is 53.1 Å². The molecule has 0 spiro atoms. The number of hydrogen-bond donors (Lipinski definition) is 1. The van der Waals surface area contributed by atoms with Gasteiger partial charge >= 0.3 is 0 Å². The number of hydrogen-bond acceptors (Lipinski definition) is 6. The Bertz CT molecular complexity index is 1340. The zero-order chi connectivity index (χ0) is 22.7. The van der Waals surface area contributed by atoms with E-state index in [0.717, 1.165) is 11.0 Å². The average molecular weight is 435 g/mol. The van der Waals surface area contributed by atoms with Gasteiger partial charge in [0, 0.05) is 25.6 Å². The van der Waals surface area contributed by atoms with Crippen LogP contribution < -0.4 is 20.3 Å². The molecule has 166 valence electrons. The van der Waals surface area contributed by atoms with Gasteiger partial charge in [0.15, 0.2) is 11.5 Å². The molecule has 2 heterocycles. The van der Waals surface area contributed by atoms with E-state index in [1.807, 2.05) is 35.8 Å². The molecule has 2 aromatic heterocycles. The number of imidazole rings is 1. The molecule has 0 saturated carbocycles. The van der Waals surface area contributed by atoms with Crippen molar-refractivity contribution < 1.29 is 14.3 Å². The quantitative estimate of drug-likeness (QED) is 0.456. The number of aryl methyl sites for hydroxylation is 2. The van der Waals surface area contributed by atoms with Crippen molar-refractivity contribution in [1.82, 2.24) is 19.1 Å². The average Bonchev–Trinajstić information content (AvgIpc) is 3.16. The monoisotopic (exact) mass is 435 g/mol. The van der Waals surface area contributed by atoms with Crippen LogP contribution in [0.4, 0.5) is 5.95 Å². The number of aromatic nitrogens is 4. The molecule has 1 amide bonds. The Morgan fingerprint density at radius 3 is 2.59 bits per heavy atom. The Labute approximate surface area is 184 Å². The van der Waals surface area contributed by atoms with E-state index in [2.05, 4.69) is 15.3 Å². The summed E-state index contributed by atoms with van der Waals surface area (Å²) in [5.41, 5.74) is 2.15. The summed E-state index contributed by atoms with van der Waals surface area (Å²) in [4.78, 5) is 34.2. The zero-order valence-electron chi connectivity index (χ0n) is 18.3. The van der Waals surface area contributed by atoms with Crippen LogP contribution in [0, 0.1) is 0 Å². The van der Waals surface area contributed by atoms with Crippen molar-refractivity contribution in [1.29, 1.82) is 0 Å². The van der Waals surface area contributed by atoms with Crippen molar-refractivity contribution in [3.8, 4) is 11.5 Å². The molecule has 32 heavy (non-hydrogen) atoms. The Morgan fingerprint density at radius 2 is 1.84 bits per heavy atom. The molecule has 0 bridgehead atoms. The summed E-state index contributed by atoms with van der Waals surface area (Å²) < 4.78 is 14.0. The smallest absolute Gasteiger partial charge is 0.261 e. The van der Waals surface area contributed by atoms with Crippen molar-refractivity contribution in [2.45, 2.75) is 32.9 Å². The minimum atomic E-state index is -0.191. The first-order valence-corrected chi connectivity index (χ1v) is 10.4. The van der Waals surface area contributed by atoms with Crippen LogP contribution in [0.25, 0.3) is 21.9 Å². The maximum Gasteiger partial charge on any atom is 0.261 e. The Balaban J connectivity index is 1.45. The van der Waals surface area contributed by atoms with Gasteiger partial charge in [-0.1, -0.05) is 12.1 Å². The molecular formula is C23H25N5O4. The summed E-state index contributed by atoms with van der Waals surface area (Å²) in [6.07, 6.45) is 2.23. The largest absolute Gasteiger partial charge is 0.493 e. The fourth-order valence-electron chi connectivity index (χ4n) is 3.73. The van der Waals surface area contributed by atoms with Gasteiger partial charge in [0.05, 0.1) is 42.5 Å². The number of nitrogens with one attached hydrogen (secondary N) is 1. The summed E-state index contributed by atoms with van der Waals surface area (Å²) >= 11 is 0. The lowest BCUT2D eigenvalue weighted by Crippen LogP contribution is -2.22. The van der Waals surface area contributed by atoms with Crippen LogP contribution in [0.1, 0.15) is 19.8 Å². The van der Waals surface area contributed by atoms with E-state index < -0.39 is 0 Å². The Hall–Kier alpha value is -3.88. The number of anilines is 1. The predicted molar refractivity (Wildman–Crippen MR) is 122 cm³/mol. The van der Waals surface area contributed by atoms with Gasteiger partial charge < -0.3 is 14.0 Å². The fourth-order valence-corrected chi connectivity index (χ4v) is 3.73. The second kappa shape index (κ2) is 9.09. The van der Waals surface area contributed by atoms with Gasteiger partial charge in [-0.2, -0.15) is 0 Å². The van der Waals surface area contributed by atoms with Gasteiger partial charge in [-0.25, -0.2) is 9.97 Å².